The van der Waals surface area contributed by atoms with Crippen LogP contribution in [0, 0.1) is 29.5 Å². The van der Waals surface area contributed by atoms with Crippen LogP contribution in [0.3, 0.4) is 0 Å². The molecule has 0 heterocycles. The van der Waals surface area contributed by atoms with Gasteiger partial charge in [-0.15, -0.1) is 0 Å². The summed E-state index contributed by atoms with van der Waals surface area (Å²) < 4.78 is 14.0. The summed E-state index contributed by atoms with van der Waals surface area (Å²) in [7, 11) is 0. The highest BCUT2D eigenvalue weighted by Gasteiger charge is 2.30. The van der Waals surface area contributed by atoms with Crippen molar-refractivity contribution in [1.29, 1.82) is 0 Å². The normalized spacial score (nSPS) is 29.3. The van der Waals surface area contributed by atoms with Crippen LogP contribution in [0.4, 0.5) is 4.39 Å². The average Bonchev–Trinajstić information content (AvgIpc) is 2.70. The first-order valence-electron chi connectivity index (χ1n) is 11.2. The topological polar surface area (TPSA) is 20.2 Å². The van der Waals surface area contributed by atoms with E-state index in [4.69, 9.17) is 5.11 Å². The van der Waals surface area contributed by atoms with Crippen LogP contribution in [0.1, 0.15) is 75.8 Å². The van der Waals surface area contributed by atoms with Crippen LogP contribution >= 0.6 is 0 Å². The molecule has 1 nitrogen and oxygen atoms in total. The van der Waals surface area contributed by atoms with E-state index in [2.05, 4.69) is 19.1 Å². The number of allylic oxidation sites excluding steroid dienone is 2. The van der Waals surface area contributed by atoms with Crippen LogP contribution in [-0.2, 0) is 12.8 Å². The zero-order chi connectivity index (χ0) is 19.1. The van der Waals surface area contributed by atoms with Gasteiger partial charge in [-0.25, -0.2) is 4.39 Å². The van der Waals surface area contributed by atoms with Gasteiger partial charge in [0.25, 0.3) is 0 Å². The van der Waals surface area contributed by atoms with Crippen molar-refractivity contribution in [3.63, 3.8) is 0 Å². The van der Waals surface area contributed by atoms with Gasteiger partial charge in [0.2, 0.25) is 0 Å². The molecule has 150 valence electrons. The molecule has 0 radical (unpaired) electrons. The minimum Gasteiger partial charge on any atom is -0.396 e. The highest BCUT2D eigenvalue weighted by atomic mass is 19.1. The van der Waals surface area contributed by atoms with Gasteiger partial charge in [-0.2, -0.15) is 0 Å². The van der Waals surface area contributed by atoms with Crippen LogP contribution in [0.2, 0.25) is 0 Å². The Morgan fingerprint density at radius 1 is 0.963 bits per heavy atom. The molecule has 0 aliphatic heterocycles. The van der Waals surface area contributed by atoms with Gasteiger partial charge in [0.1, 0.15) is 5.82 Å². The molecule has 0 atom stereocenters. The maximum Gasteiger partial charge on any atom is 0.126 e. The zero-order valence-corrected chi connectivity index (χ0v) is 17.0. The molecule has 0 saturated heterocycles. The molecule has 1 N–H and O–H groups in total. The van der Waals surface area contributed by atoms with E-state index in [-0.39, 0.29) is 12.4 Å². The van der Waals surface area contributed by atoms with Gasteiger partial charge in [0.05, 0.1) is 0 Å². The van der Waals surface area contributed by atoms with Crippen LogP contribution in [0.15, 0.2) is 30.4 Å². The van der Waals surface area contributed by atoms with Crippen molar-refractivity contribution in [1.82, 2.24) is 0 Å². The molecule has 2 saturated carbocycles. The van der Waals surface area contributed by atoms with Gasteiger partial charge in [0, 0.05) is 6.61 Å². The standard InChI is InChI=1S/C25H37FO/c1-2-3-19-6-11-22(12-7-19)23-13-8-20(9-14-23)4-5-21-10-15-24(16-17-27)25(26)18-21/h2-3,10,15,18-20,22-23,27H,4-9,11-14,16-17H2,1H3/b3-2+. The minimum absolute atomic E-state index is 0.0104. The van der Waals surface area contributed by atoms with Gasteiger partial charge < -0.3 is 5.11 Å². The summed E-state index contributed by atoms with van der Waals surface area (Å²) in [5.74, 6) is 3.44. The molecule has 3 rings (SSSR count). The second kappa shape index (κ2) is 10.4. The molecule has 2 heteroatoms. The first kappa shape index (κ1) is 20.6. The van der Waals surface area contributed by atoms with Crippen molar-refractivity contribution in [3.8, 4) is 0 Å². The van der Waals surface area contributed by atoms with E-state index in [1.807, 2.05) is 12.1 Å². The van der Waals surface area contributed by atoms with E-state index in [1.165, 1.54) is 57.8 Å². The van der Waals surface area contributed by atoms with Crippen LogP contribution in [0.5, 0.6) is 0 Å². The number of rotatable bonds is 7. The maximum atomic E-state index is 14.0. The predicted molar refractivity (Wildman–Crippen MR) is 111 cm³/mol. The van der Waals surface area contributed by atoms with Crippen LogP contribution in [0.25, 0.3) is 0 Å². The Kier molecular flexibility index (Phi) is 7.93. The summed E-state index contributed by atoms with van der Waals surface area (Å²) in [5.41, 5.74) is 1.74. The minimum atomic E-state index is -0.154. The Balaban J connectivity index is 1.39. The van der Waals surface area contributed by atoms with Crippen molar-refractivity contribution in [2.24, 2.45) is 23.7 Å². The second-order valence-corrected chi connectivity index (χ2v) is 8.92. The average molecular weight is 373 g/mol. The summed E-state index contributed by atoms with van der Waals surface area (Å²) >= 11 is 0. The van der Waals surface area contributed by atoms with Gasteiger partial charge in [0.15, 0.2) is 0 Å². The third-order valence-electron chi connectivity index (χ3n) is 7.18. The monoisotopic (exact) mass is 372 g/mol. The van der Waals surface area contributed by atoms with Crippen molar-refractivity contribution >= 4 is 0 Å². The van der Waals surface area contributed by atoms with Gasteiger partial charge in [-0.05, 0) is 106 Å². The quantitative estimate of drug-likeness (QED) is 0.543. The maximum absolute atomic E-state index is 14.0. The van der Waals surface area contributed by atoms with Gasteiger partial charge in [-0.3, -0.25) is 0 Å². The largest absolute Gasteiger partial charge is 0.396 e. The van der Waals surface area contributed by atoms with E-state index in [0.717, 1.165) is 35.7 Å². The van der Waals surface area contributed by atoms with Crippen LogP contribution in [-0.4, -0.2) is 11.7 Å². The summed E-state index contributed by atoms with van der Waals surface area (Å²) in [5, 5.41) is 8.97. The molecule has 0 amide bonds. The number of aliphatic hydroxyl groups is 1. The Morgan fingerprint density at radius 3 is 2.22 bits per heavy atom. The summed E-state index contributed by atoms with van der Waals surface area (Å²) in [6, 6.07) is 5.57. The SMILES string of the molecule is C/C=C/C1CCC(C2CCC(CCc3ccc(CCO)c(F)c3)CC2)CC1. The summed E-state index contributed by atoms with van der Waals surface area (Å²) in [6.45, 7) is 2.15. The van der Waals surface area contributed by atoms with Gasteiger partial charge >= 0.3 is 0 Å². The molecule has 1 aromatic rings. The Bertz CT molecular complexity index is 592. The fourth-order valence-corrected chi connectivity index (χ4v) is 5.47. The van der Waals surface area contributed by atoms with Crippen molar-refractivity contribution in [2.45, 2.75) is 77.6 Å². The fraction of sp³-hybridized carbons (Fsp3) is 0.680. The Hall–Kier alpha value is -1.15. The van der Waals surface area contributed by atoms with E-state index >= 15 is 0 Å². The molecule has 0 spiro atoms. The van der Waals surface area contributed by atoms with Gasteiger partial charge in [-0.1, -0.05) is 37.1 Å². The molecule has 2 fully saturated rings. The van der Waals surface area contributed by atoms with E-state index in [9.17, 15) is 4.39 Å². The lowest BCUT2D eigenvalue weighted by Gasteiger charge is -2.37. The fourth-order valence-electron chi connectivity index (χ4n) is 5.47. The lowest BCUT2D eigenvalue weighted by atomic mass is 9.68. The third kappa shape index (κ3) is 5.91. The lowest BCUT2D eigenvalue weighted by molar-refractivity contribution is 0.152. The van der Waals surface area contributed by atoms with E-state index in [1.54, 1.807) is 6.07 Å². The molecule has 27 heavy (non-hydrogen) atoms. The number of aliphatic hydroxyl groups excluding tert-OH is 1. The summed E-state index contributed by atoms with van der Waals surface area (Å²) in [4.78, 5) is 0. The third-order valence-corrected chi connectivity index (χ3v) is 7.18. The van der Waals surface area contributed by atoms with Crippen molar-refractivity contribution in [3.05, 3.63) is 47.3 Å². The number of halogens is 1. The van der Waals surface area contributed by atoms with E-state index < -0.39 is 0 Å². The molecular weight excluding hydrogens is 335 g/mol. The smallest absolute Gasteiger partial charge is 0.126 e. The van der Waals surface area contributed by atoms with Crippen molar-refractivity contribution < 1.29 is 9.50 Å². The highest BCUT2D eigenvalue weighted by molar-refractivity contribution is 5.24. The molecule has 2 aliphatic carbocycles. The number of benzene rings is 1. The first-order chi connectivity index (χ1) is 13.2. The van der Waals surface area contributed by atoms with E-state index in [0.29, 0.717) is 12.0 Å². The number of hydrogen-bond acceptors (Lipinski definition) is 1. The zero-order valence-electron chi connectivity index (χ0n) is 17.0. The molecule has 2 aliphatic rings. The highest BCUT2D eigenvalue weighted by Crippen LogP contribution is 2.42. The van der Waals surface area contributed by atoms with Crippen LogP contribution < -0.4 is 0 Å². The number of aryl methyl sites for hydroxylation is 1. The first-order valence-corrected chi connectivity index (χ1v) is 11.2. The number of hydrogen-bond donors (Lipinski definition) is 1. The Morgan fingerprint density at radius 2 is 1.63 bits per heavy atom. The second-order valence-electron chi connectivity index (χ2n) is 8.92. The molecule has 1 aromatic carbocycles. The molecule has 0 aromatic heterocycles. The summed E-state index contributed by atoms with van der Waals surface area (Å²) in [6.07, 6.45) is 18.4. The lowest BCUT2D eigenvalue weighted by Crippen LogP contribution is -2.25. The molecular formula is C25H37FO. The molecule has 0 unspecified atom stereocenters. The predicted octanol–water partition coefficient (Wildman–Crippen LogP) is 6.48. The molecule has 0 bridgehead atoms. The Labute approximate surface area is 165 Å². The van der Waals surface area contributed by atoms with Crippen molar-refractivity contribution in [2.75, 3.05) is 6.61 Å².